The van der Waals surface area contributed by atoms with Gasteiger partial charge in [0.2, 0.25) is 0 Å². The number of carbonyl (C=O) groups is 1. The summed E-state index contributed by atoms with van der Waals surface area (Å²) in [5.74, 6) is 1.30. The van der Waals surface area contributed by atoms with Gasteiger partial charge in [0.25, 0.3) is 5.91 Å². The molecule has 0 unspecified atom stereocenters. The fourth-order valence-corrected chi connectivity index (χ4v) is 2.87. The van der Waals surface area contributed by atoms with Crippen LogP contribution in [-0.4, -0.2) is 28.0 Å². The van der Waals surface area contributed by atoms with Crippen molar-refractivity contribution in [1.29, 1.82) is 0 Å². The zero-order valence-corrected chi connectivity index (χ0v) is 14.8. The molecule has 0 spiro atoms. The molecule has 6 nitrogen and oxygen atoms in total. The summed E-state index contributed by atoms with van der Waals surface area (Å²) in [5.41, 5.74) is 3.90. The molecule has 1 amide bonds. The molecular weight excluding hydrogens is 340 g/mol. The summed E-state index contributed by atoms with van der Waals surface area (Å²) in [6.07, 6.45) is 9.98. The molecule has 4 rings (SSSR count). The minimum absolute atomic E-state index is 0.162. The molecule has 6 heteroatoms. The third-order valence-electron chi connectivity index (χ3n) is 4.27. The van der Waals surface area contributed by atoms with E-state index in [0.29, 0.717) is 23.4 Å². The predicted octanol–water partition coefficient (Wildman–Crippen LogP) is 3.62. The number of rotatable bonds is 4. The molecule has 0 saturated carbocycles. The van der Waals surface area contributed by atoms with Crippen LogP contribution in [-0.2, 0) is 0 Å². The van der Waals surface area contributed by atoms with E-state index in [-0.39, 0.29) is 5.91 Å². The number of H-pyrrole nitrogens is 1. The number of imidazole rings is 1. The molecular formula is C21H18N4O2. The standard InChI is InChI=1S/C21H18N4O2/c1-27-17-10-8-14(9-11-17)21(26)23-16-6-3-2-5-15(13-16)19-24-18-7-4-12-22-20(18)25-19/h2-12H,13H2,1H3,(H,23,26)(H,22,24,25). The first-order valence-corrected chi connectivity index (χ1v) is 8.56. The molecule has 0 aliphatic heterocycles. The van der Waals surface area contributed by atoms with Crippen molar-refractivity contribution in [2.45, 2.75) is 6.42 Å². The topological polar surface area (TPSA) is 79.9 Å². The molecule has 2 aromatic heterocycles. The van der Waals surface area contributed by atoms with Gasteiger partial charge in [-0.05, 0) is 42.5 Å². The summed E-state index contributed by atoms with van der Waals surface area (Å²) in [5, 5.41) is 2.98. The zero-order valence-electron chi connectivity index (χ0n) is 14.8. The highest BCUT2D eigenvalue weighted by Crippen LogP contribution is 2.23. The predicted molar refractivity (Wildman–Crippen MR) is 104 cm³/mol. The lowest BCUT2D eigenvalue weighted by molar-refractivity contribution is 0.0965. The maximum Gasteiger partial charge on any atom is 0.255 e. The van der Waals surface area contributed by atoms with Crippen molar-refractivity contribution in [2.75, 3.05) is 7.11 Å². The maximum atomic E-state index is 12.5. The number of aromatic nitrogens is 3. The molecule has 2 heterocycles. The van der Waals surface area contributed by atoms with E-state index in [1.54, 1.807) is 37.6 Å². The lowest BCUT2D eigenvalue weighted by Gasteiger charge is -2.10. The molecule has 3 aromatic rings. The summed E-state index contributed by atoms with van der Waals surface area (Å²) < 4.78 is 5.13. The number of pyridine rings is 1. The SMILES string of the molecule is COc1ccc(C(=O)NC2=CC=CC=C(c3nc4ncccc4[nH]3)C2)cc1. The second-order valence-electron chi connectivity index (χ2n) is 6.09. The number of hydrogen-bond donors (Lipinski definition) is 2. The van der Waals surface area contributed by atoms with Crippen molar-refractivity contribution in [3.8, 4) is 5.75 Å². The van der Waals surface area contributed by atoms with E-state index in [0.717, 1.165) is 22.6 Å². The van der Waals surface area contributed by atoms with E-state index in [1.165, 1.54) is 0 Å². The van der Waals surface area contributed by atoms with Gasteiger partial charge >= 0.3 is 0 Å². The summed E-state index contributed by atoms with van der Waals surface area (Å²) in [7, 11) is 1.60. The van der Waals surface area contributed by atoms with Crippen LogP contribution in [0.25, 0.3) is 16.7 Å². The van der Waals surface area contributed by atoms with Gasteiger partial charge in [-0.25, -0.2) is 9.97 Å². The smallest absolute Gasteiger partial charge is 0.255 e. The van der Waals surface area contributed by atoms with Crippen molar-refractivity contribution < 1.29 is 9.53 Å². The summed E-state index contributed by atoms with van der Waals surface area (Å²) in [6, 6.07) is 10.8. The Morgan fingerprint density at radius 3 is 2.74 bits per heavy atom. The Labute approximate surface area is 156 Å². The monoisotopic (exact) mass is 358 g/mol. The van der Waals surface area contributed by atoms with Gasteiger partial charge in [0.15, 0.2) is 5.65 Å². The van der Waals surface area contributed by atoms with Gasteiger partial charge < -0.3 is 15.0 Å². The fraction of sp³-hybridized carbons (Fsp3) is 0.0952. The van der Waals surface area contributed by atoms with Crippen molar-refractivity contribution >= 4 is 22.6 Å². The van der Waals surface area contributed by atoms with Gasteiger partial charge in [-0.3, -0.25) is 4.79 Å². The molecule has 134 valence electrons. The number of amides is 1. The average Bonchev–Trinajstić information content (AvgIpc) is 3.00. The second kappa shape index (κ2) is 7.29. The Morgan fingerprint density at radius 2 is 1.96 bits per heavy atom. The van der Waals surface area contributed by atoms with Crippen molar-refractivity contribution in [3.63, 3.8) is 0 Å². The normalized spacial score (nSPS) is 13.7. The highest BCUT2D eigenvalue weighted by atomic mass is 16.5. The maximum absolute atomic E-state index is 12.5. The van der Waals surface area contributed by atoms with E-state index >= 15 is 0 Å². The molecule has 0 atom stereocenters. The number of nitrogens with zero attached hydrogens (tertiary/aromatic N) is 2. The Bertz CT molecular complexity index is 1040. The van der Waals surface area contributed by atoms with E-state index in [1.807, 2.05) is 36.4 Å². The van der Waals surface area contributed by atoms with E-state index in [2.05, 4.69) is 20.3 Å². The first-order chi connectivity index (χ1) is 13.2. The van der Waals surface area contributed by atoms with Crippen LogP contribution in [0.15, 0.2) is 72.6 Å². The molecule has 0 bridgehead atoms. The number of allylic oxidation sites excluding steroid dienone is 5. The zero-order chi connectivity index (χ0) is 18.6. The molecule has 2 N–H and O–H groups in total. The van der Waals surface area contributed by atoms with E-state index in [9.17, 15) is 4.79 Å². The van der Waals surface area contributed by atoms with Crippen LogP contribution in [0.3, 0.4) is 0 Å². The minimum atomic E-state index is -0.162. The van der Waals surface area contributed by atoms with Gasteiger partial charge in [-0.2, -0.15) is 0 Å². The largest absolute Gasteiger partial charge is 0.497 e. The van der Waals surface area contributed by atoms with Gasteiger partial charge in [0.05, 0.1) is 12.6 Å². The Hall–Kier alpha value is -3.67. The van der Waals surface area contributed by atoms with Gasteiger partial charge in [-0.15, -0.1) is 0 Å². The minimum Gasteiger partial charge on any atom is -0.497 e. The molecule has 1 aromatic carbocycles. The van der Waals surface area contributed by atoms with Crippen LogP contribution in [0, 0.1) is 0 Å². The number of benzene rings is 1. The lowest BCUT2D eigenvalue weighted by Crippen LogP contribution is -2.22. The first kappa shape index (κ1) is 16.8. The van der Waals surface area contributed by atoms with Crippen LogP contribution in [0.2, 0.25) is 0 Å². The molecule has 0 radical (unpaired) electrons. The fourth-order valence-electron chi connectivity index (χ4n) is 2.87. The number of carbonyl (C=O) groups excluding carboxylic acids is 1. The highest BCUT2D eigenvalue weighted by Gasteiger charge is 2.14. The Morgan fingerprint density at radius 1 is 1.15 bits per heavy atom. The number of ether oxygens (including phenoxy) is 1. The number of methoxy groups -OCH3 is 1. The van der Waals surface area contributed by atoms with Crippen molar-refractivity contribution in [1.82, 2.24) is 20.3 Å². The summed E-state index contributed by atoms with van der Waals surface area (Å²) in [6.45, 7) is 0. The molecule has 0 fully saturated rings. The first-order valence-electron chi connectivity index (χ1n) is 8.56. The van der Waals surface area contributed by atoms with E-state index in [4.69, 9.17) is 4.74 Å². The Kier molecular flexibility index (Phi) is 4.53. The van der Waals surface area contributed by atoms with Crippen LogP contribution in [0.1, 0.15) is 22.6 Å². The lowest BCUT2D eigenvalue weighted by atomic mass is 10.1. The van der Waals surface area contributed by atoms with E-state index < -0.39 is 0 Å². The van der Waals surface area contributed by atoms with Gasteiger partial charge in [0, 0.05) is 29.5 Å². The Balaban J connectivity index is 1.52. The molecule has 27 heavy (non-hydrogen) atoms. The third kappa shape index (κ3) is 3.64. The number of aromatic amines is 1. The number of fused-ring (bicyclic) bond motifs is 1. The van der Waals surface area contributed by atoms with Crippen LogP contribution in [0.5, 0.6) is 5.75 Å². The third-order valence-corrected chi connectivity index (χ3v) is 4.27. The van der Waals surface area contributed by atoms with Crippen LogP contribution < -0.4 is 10.1 Å². The molecule has 1 aliphatic carbocycles. The number of nitrogens with one attached hydrogen (secondary N) is 2. The van der Waals surface area contributed by atoms with Gasteiger partial charge in [0.1, 0.15) is 11.6 Å². The second-order valence-corrected chi connectivity index (χ2v) is 6.09. The van der Waals surface area contributed by atoms with Gasteiger partial charge in [-0.1, -0.05) is 18.2 Å². The van der Waals surface area contributed by atoms with Crippen LogP contribution >= 0.6 is 0 Å². The van der Waals surface area contributed by atoms with Crippen molar-refractivity contribution in [3.05, 3.63) is 84.0 Å². The molecule has 1 aliphatic rings. The van der Waals surface area contributed by atoms with Crippen LogP contribution in [0.4, 0.5) is 0 Å². The number of hydrogen-bond acceptors (Lipinski definition) is 4. The quantitative estimate of drug-likeness (QED) is 0.746. The summed E-state index contributed by atoms with van der Waals surface area (Å²) in [4.78, 5) is 24.6. The average molecular weight is 358 g/mol. The highest BCUT2D eigenvalue weighted by molar-refractivity contribution is 5.95. The van der Waals surface area contributed by atoms with Crippen molar-refractivity contribution in [2.24, 2.45) is 0 Å². The summed E-state index contributed by atoms with van der Waals surface area (Å²) >= 11 is 0. The molecule has 0 saturated heterocycles.